The van der Waals surface area contributed by atoms with Crippen LogP contribution in [0.4, 0.5) is 0 Å². The van der Waals surface area contributed by atoms with Crippen LogP contribution in [0.5, 0.6) is 0 Å². The van der Waals surface area contributed by atoms with Crippen molar-refractivity contribution in [2.75, 3.05) is 0 Å². The predicted molar refractivity (Wildman–Crippen MR) is 167 cm³/mol. The fourth-order valence-electron chi connectivity index (χ4n) is 4.97. The van der Waals surface area contributed by atoms with Crippen molar-refractivity contribution in [1.29, 1.82) is 0 Å². The van der Waals surface area contributed by atoms with Crippen molar-refractivity contribution >= 4 is 11.6 Å². The highest BCUT2D eigenvalue weighted by molar-refractivity contribution is 5.92. The molecule has 0 saturated carbocycles. The molecule has 6 aromatic rings. The van der Waals surface area contributed by atoms with Crippen LogP contribution in [0.3, 0.4) is 0 Å². The molecule has 0 aliphatic rings. The van der Waals surface area contributed by atoms with Gasteiger partial charge in [0.2, 0.25) is 0 Å². The fraction of sp³-hybridized carbons (Fsp3) is 0.0256. The van der Waals surface area contributed by atoms with Crippen LogP contribution in [0.15, 0.2) is 158 Å². The first-order valence-electron chi connectivity index (χ1n) is 13.4. The zero-order valence-corrected chi connectivity index (χ0v) is 22.1. The van der Waals surface area contributed by atoms with E-state index in [2.05, 4.69) is 171 Å². The first kappa shape index (κ1) is 24.4. The smallest absolute Gasteiger partial charge is 0.0105 e. The maximum Gasteiger partial charge on any atom is -0.0105 e. The van der Waals surface area contributed by atoms with Crippen LogP contribution in [0.25, 0.3) is 45.0 Å². The summed E-state index contributed by atoms with van der Waals surface area (Å²) in [5.41, 5.74) is 13.5. The molecular weight excluding hydrogens is 468 g/mol. The van der Waals surface area contributed by atoms with E-state index in [0.717, 1.165) is 0 Å². The Morgan fingerprint density at radius 1 is 0.359 bits per heavy atom. The summed E-state index contributed by atoms with van der Waals surface area (Å²) < 4.78 is 0. The maximum absolute atomic E-state index is 2.28. The minimum atomic E-state index is 1.19. The van der Waals surface area contributed by atoms with Crippen LogP contribution in [0.2, 0.25) is 0 Å². The van der Waals surface area contributed by atoms with E-state index in [0.29, 0.717) is 0 Å². The molecule has 6 rings (SSSR count). The Bertz CT molecular complexity index is 1670. The van der Waals surface area contributed by atoms with Gasteiger partial charge in [0.05, 0.1) is 0 Å². The van der Waals surface area contributed by atoms with E-state index in [1.54, 1.807) is 0 Å². The minimum Gasteiger partial charge on any atom is -0.0622 e. The molecule has 0 unspecified atom stereocenters. The van der Waals surface area contributed by atoms with Gasteiger partial charge in [-0.15, -0.1) is 0 Å². The quantitative estimate of drug-likeness (QED) is 0.200. The van der Waals surface area contributed by atoms with Gasteiger partial charge in [0.25, 0.3) is 0 Å². The van der Waals surface area contributed by atoms with E-state index < -0.39 is 0 Å². The molecule has 0 atom stereocenters. The van der Waals surface area contributed by atoms with Gasteiger partial charge in [0, 0.05) is 0 Å². The van der Waals surface area contributed by atoms with Gasteiger partial charge in [-0.25, -0.2) is 0 Å². The molecule has 6 aromatic carbocycles. The third kappa shape index (κ3) is 5.66. The van der Waals surface area contributed by atoms with Crippen LogP contribution < -0.4 is 0 Å². The summed E-state index contributed by atoms with van der Waals surface area (Å²) in [5, 5.41) is 0. The van der Waals surface area contributed by atoms with Gasteiger partial charge in [-0.05, 0) is 68.6 Å². The lowest BCUT2D eigenvalue weighted by Gasteiger charge is -2.12. The lowest BCUT2D eigenvalue weighted by Crippen LogP contribution is -1.90. The van der Waals surface area contributed by atoms with E-state index >= 15 is 0 Å². The summed E-state index contributed by atoms with van der Waals surface area (Å²) in [4.78, 5) is 0. The molecule has 0 bridgehead atoms. The highest BCUT2D eigenvalue weighted by Crippen LogP contribution is 2.31. The van der Waals surface area contributed by atoms with Gasteiger partial charge in [0.1, 0.15) is 0 Å². The Labute approximate surface area is 231 Å². The number of benzene rings is 6. The van der Waals surface area contributed by atoms with Gasteiger partial charge in [-0.3, -0.25) is 0 Å². The lowest BCUT2D eigenvalue weighted by atomic mass is 9.92. The van der Waals surface area contributed by atoms with Crippen LogP contribution in [0.1, 0.15) is 22.3 Å². The van der Waals surface area contributed by atoms with Crippen LogP contribution in [0, 0.1) is 6.92 Å². The summed E-state index contributed by atoms with van der Waals surface area (Å²) in [6.45, 7) is 2.12. The number of aryl methyl sites for hydroxylation is 1. The number of hydrogen-bond acceptors (Lipinski definition) is 0. The zero-order valence-electron chi connectivity index (χ0n) is 22.1. The minimum absolute atomic E-state index is 1.19. The van der Waals surface area contributed by atoms with E-state index in [1.807, 2.05) is 0 Å². The zero-order chi connectivity index (χ0) is 26.4. The average molecular weight is 499 g/mol. The van der Waals surface area contributed by atoms with E-state index in [1.165, 1.54) is 61.2 Å². The molecule has 0 aromatic heterocycles. The van der Waals surface area contributed by atoms with E-state index in [4.69, 9.17) is 0 Å². The summed E-state index contributed by atoms with van der Waals surface area (Å²) in [6.07, 6.45) is 2.28. The fourth-order valence-corrected chi connectivity index (χ4v) is 4.97. The van der Waals surface area contributed by atoms with Gasteiger partial charge in [-0.2, -0.15) is 0 Å². The van der Waals surface area contributed by atoms with Gasteiger partial charge >= 0.3 is 0 Å². The van der Waals surface area contributed by atoms with Crippen molar-refractivity contribution in [3.05, 3.63) is 180 Å². The molecule has 0 nitrogen and oxygen atoms in total. The molecule has 0 heteroatoms. The van der Waals surface area contributed by atoms with Crippen molar-refractivity contribution < 1.29 is 0 Å². The largest absolute Gasteiger partial charge is 0.0622 e. The predicted octanol–water partition coefficient (Wildman–Crippen LogP) is 10.6. The molecular formula is C39H30. The number of hydrogen-bond donors (Lipinski definition) is 0. The molecule has 0 fully saturated rings. The van der Waals surface area contributed by atoms with Crippen LogP contribution in [-0.4, -0.2) is 0 Å². The second-order valence-electron chi connectivity index (χ2n) is 9.93. The average Bonchev–Trinajstić information content (AvgIpc) is 3.02. The van der Waals surface area contributed by atoms with Crippen molar-refractivity contribution in [2.24, 2.45) is 0 Å². The third-order valence-corrected chi connectivity index (χ3v) is 7.21. The van der Waals surface area contributed by atoms with Crippen LogP contribution in [-0.2, 0) is 0 Å². The Morgan fingerprint density at radius 2 is 0.692 bits per heavy atom. The maximum atomic E-state index is 2.28. The van der Waals surface area contributed by atoms with E-state index in [-0.39, 0.29) is 0 Å². The van der Waals surface area contributed by atoms with Gasteiger partial charge in [0.15, 0.2) is 0 Å². The Morgan fingerprint density at radius 3 is 1.13 bits per heavy atom. The Hall–Kier alpha value is -4.94. The molecule has 186 valence electrons. The molecule has 0 spiro atoms. The van der Waals surface area contributed by atoms with Crippen molar-refractivity contribution in [3.63, 3.8) is 0 Å². The van der Waals surface area contributed by atoms with E-state index in [9.17, 15) is 0 Å². The molecule has 0 N–H and O–H groups in total. The van der Waals surface area contributed by atoms with Crippen molar-refractivity contribution in [2.45, 2.75) is 6.92 Å². The molecule has 0 amide bonds. The molecule has 0 aliphatic heterocycles. The van der Waals surface area contributed by atoms with Gasteiger partial charge in [-0.1, -0.05) is 163 Å². The normalized spacial score (nSPS) is 11.4. The SMILES string of the molecule is Cc1ccc(-c2ccc(/C(=C\c3ccccc3)c3ccc(-c4ccc(-c5ccccc5)cc4)cc3)cc2)cc1. The summed E-state index contributed by atoms with van der Waals surface area (Å²) >= 11 is 0. The van der Waals surface area contributed by atoms with Crippen molar-refractivity contribution in [3.8, 4) is 33.4 Å². The van der Waals surface area contributed by atoms with Crippen molar-refractivity contribution in [1.82, 2.24) is 0 Å². The topological polar surface area (TPSA) is 0 Å². The monoisotopic (exact) mass is 498 g/mol. The highest BCUT2D eigenvalue weighted by Gasteiger charge is 2.08. The molecule has 0 saturated heterocycles. The molecule has 0 radical (unpaired) electrons. The summed E-state index contributed by atoms with van der Waals surface area (Å²) in [6, 6.07) is 56.5. The number of rotatable bonds is 6. The third-order valence-electron chi connectivity index (χ3n) is 7.21. The lowest BCUT2D eigenvalue weighted by molar-refractivity contribution is 1.46. The second kappa shape index (κ2) is 11.2. The second-order valence-corrected chi connectivity index (χ2v) is 9.93. The first-order valence-corrected chi connectivity index (χ1v) is 13.4. The Kier molecular flexibility index (Phi) is 7.01. The molecule has 0 heterocycles. The van der Waals surface area contributed by atoms with Gasteiger partial charge < -0.3 is 0 Å². The summed E-state index contributed by atoms with van der Waals surface area (Å²) in [5.74, 6) is 0. The van der Waals surface area contributed by atoms with Crippen LogP contribution >= 0.6 is 0 Å². The Balaban J connectivity index is 1.31. The molecule has 39 heavy (non-hydrogen) atoms. The first-order chi connectivity index (χ1) is 19.2. The molecule has 0 aliphatic carbocycles. The summed E-state index contributed by atoms with van der Waals surface area (Å²) in [7, 11) is 0. The standard InChI is InChI=1S/C39H30/c1-29-12-14-32(15-13-29)35-20-24-37(25-21-35)39(28-30-8-4-2-5-9-30)38-26-22-36(23-27-38)34-18-16-33(17-19-34)31-10-6-3-7-11-31/h2-28H,1H3/b39-28+. The highest BCUT2D eigenvalue weighted by atomic mass is 14.1.